The fourth-order valence-corrected chi connectivity index (χ4v) is 5.61. The van der Waals surface area contributed by atoms with Gasteiger partial charge >= 0.3 is 0 Å². The Labute approximate surface area is 170 Å². The summed E-state index contributed by atoms with van der Waals surface area (Å²) in [5.41, 5.74) is 3.15. The van der Waals surface area contributed by atoms with Crippen molar-refractivity contribution in [3.05, 3.63) is 34.9 Å². The van der Waals surface area contributed by atoms with Crippen LogP contribution in [0.1, 0.15) is 60.0 Å². The molecule has 0 aromatic heterocycles. The highest BCUT2D eigenvalue weighted by molar-refractivity contribution is 6.05. The Morgan fingerprint density at radius 1 is 1.10 bits per heavy atom. The van der Waals surface area contributed by atoms with Crippen molar-refractivity contribution >= 4 is 17.7 Å². The summed E-state index contributed by atoms with van der Waals surface area (Å²) in [6, 6.07) is 5.95. The van der Waals surface area contributed by atoms with Crippen LogP contribution in [0, 0.1) is 5.41 Å². The first-order valence-corrected chi connectivity index (χ1v) is 10.8. The zero-order valence-corrected chi connectivity index (χ0v) is 16.6. The third-order valence-corrected chi connectivity index (χ3v) is 7.45. The van der Waals surface area contributed by atoms with Gasteiger partial charge in [-0.05, 0) is 61.7 Å². The number of nitrogens with one attached hydrogen (secondary N) is 3. The molecule has 7 nitrogen and oxygen atoms in total. The first-order valence-electron chi connectivity index (χ1n) is 10.8. The van der Waals surface area contributed by atoms with Gasteiger partial charge in [0.25, 0.3) is 5.91 Å². The molecular formula is C22H28N4O3. The molecular weight excluding hydrogens is 368 g/mol. The molecule has 1 aromatic carbocycles. The predicted molar refractivity (Wildman–Crippen MR) is 107 cm³/mol. The molecule has 7 heteroatoms. The molecule has 5 rings (SSSR count). The first-order chi connectivity index (χ1) is 14.1. The Bertz CT molecular complexity index is 862. The fourth-order valence-electron chi connectivity index (χ4n) is 5.61. The molecule has 2 saturated heterocycles. The number of carbonyl (C=O) groups excluding carboxylic acids is 3. The molecule has 3 heterocycles. The molecule has 1 saturated carbocycles. The molecule has 1 aromatic rings. The zero-order valence-electron chi connectivity index (χ0n) is 16.6. The summed E-state index contributed by atoms with van der Waals surface area (Å²) in [6.07, 6.45) is 5.62. The highest BCUT2D eigenvalue weighted by Gasteiger charge is 2.46. The number of piperidine rings is 2. The van der Waals surface area contributed by atoms with Crippen LogP contribution in [0.2, 0.25) is 0 Å². The second-order valence-electron chi connectivity index (χ2n) is 8.94. The Hall–Kier alpha value is -2.25. The van der Waals surface area contributed by atoms with Gasteiger partial charge in [-0.3, -0.25) is 19.7 Å². The van der Waals surface area contributed by atoms with E-state index >= 15 is 0 Å². The van der Waals surface area contributed by atoms with Crippen LogP contribution in [0.15, 0.2) is 18.2 Å². The number of benzene rings is 1. The van der Waals surface area contributed by atoms with E-state index < -0.39 is 6.04 Å². The van der Waals surface area contributed by atoms with Crippen LogP contribution in [-0.4, -0.2) is 47.8 Å². The van der Waals surface area contributed by atoms with Crippen molar-refractivity contribution in [3.8, 4) is 0 Å². The largest absolute Gasteiger partial charge is 0.322 e. The van der Waals surface area contributed by atoms with E-state index in [1.165, 1.54) is 25.7 Å². The number of hydrogen-bond donors (Lipinski definition) is 3. The molecule has 2 unspecified atom stereocenters. The lowest BCUT2D eigenvalue weighted by Gasteiger charge is -2.52. The van der Waals surface area contributed by atoms with Crippen LogP contribution in [0.25, 0.3) is 0 Å². The molecule has 1 spiro atoms. The number of fused-ring (bicyclic) bond motifs is 1. The minimum atomic E-state index is -0.557. The van der Waals surface area contributed by atoms with Crippen molar-refractivity contribution in [2.24, 2.45) is 5.41 Å². The van der Waals surface area contributed by atoms with Gasteiger partial charge < -0.3 is 15.5 Å². The maximum atomic E-state index is 13.2. The number of nitrogens with zero attached hydrogens (tertiary/aromatic N) is 1. The van der Waals surface area contributed by atoms with Gasteiger partial charge in [-0.1, -0.05) is 18.2 Å². The van der Waals surface area contributed by atoms with Crippen LogP contribution in [-0.2, 0) is 22.7 Å². The van der Waals surface area contributed by atoms with Crippen LogP contribution in [0.3, 0.4) is 0 Å². The zero-order chi connectivity index (χ0) is 20.0. The lowest BCUT2D eigenvalue weighted by Crippen LogP contribution is -2.57. The van der Waals surface area contributed by atoms with E-state index in [-0.39, 0.29) is 24.1 Å². The second kappa shape index (κ2) is 7.22. The summed E-state index contributed by atoms with van der Waals surface area (Å²) in [7, 11) is 0. The second-order valence-corrected chi connectivity index (χ2v) is 8.94. The third kappa shape index (κ3) is 3.16. The smallest absolute Gasteiger partial charge is 0.255 e. The van der Waals surface area contributed by atoms with Crippen molar-refractivity contribution < 1.29 is 14.4 Å². The summed E-state index contributed by atoms with van der Waals surface area (Å²) >= 11 is 0. The number of imide groups is 1. The van der Waals surface area contributed by atoms with Crippen LogP contribution in [0.4, 0.5) is 0 Å². The van der Waals surface area contributed by atoms with Crippen LogP contribution >= 0.6 is 0 Å². The van der Waals surface area contributed by atoms with Crippen molar-refractivity contribution in [1.29, 1.82) is 0 Å². The number of hydrogen-bond acceptors (Lipinski definition) is 5. The van der Waals surface area contributed by atoms with Gasteiger partial charge in [0.1, 0.15) is 6.04 Å². The molecule has 3 N–H and O–H groups in total. The van der Waals surface area contributed by atoms with Gasteiger partial charge in [-0.25, -0.2) is 0 Å². The van der Waals surface area contributed by atoms with Crippen molar-refractivity contribution in [3.63, 3.8) is 0 Å². The maximum absolute atomic E-state index is 13.2. The monoisotopic (exact) mass is 396 g/mol. The summed E-state index contributed by atoms with van der Waals surface area (Å²) in [6.45, 7) is 3.31. The van der Waals surface area contributed by atoms with E-state index in [1.54, 1.807) is 4.90 Å². The number of amides is 3. The van der Waals surface area contributed by atoms with Crippen LogP contribution in [0.5, 0.6) is 0 Å². The van der Waals surface area contributed by atoms with Gasteiger partial charge in [0, 0.05) is 31.1 Å². The van der Waals surface area contributed by atoms with E-state index in [1.807, 2.05) is 18.2 Å². The number of carbonyl (C=O) groups is 3. The van der Waals surface area contributed by atoms with Crippen molar-refractivity contribution in [2.45, 2.75) is 63.7 Å². The fraction of sp³-hybridized carbons (Fsp3) is 0.591. The summed E-state index contributed by atoms with van der Waals surface area (Å²) in [5.74, 6) is -0.700. The van der Waals surface area contributed by atoms with Crippen molar-refractivity contribution in [1.82, 2.24) is 20.9 Å². The molecule has 2 atom stereocenters. The maximum Gasteiger partial charge on any atom is 0.255 e. The van der Waals surface area contributed by atoms with Gasteiger partial charge in [0.15, 0.2) is 0 Å². The minimum Gasteiger partial charge on any atom is -0.322 e. The lowest BCUT2D eigenvalue weighted by atomic mass is 9.59. The van der Waals surface area contributed by atoms with Crippen LogP contribution < -0.4 is 16.0 Å². The molecule has 0 radical (unpaired) electrons. The first kappa shape index (κ1) is 18.8. The highest BCUT2D eigenvalue weighted by atomic mass is 16.2. The van der Waals surface area contributed by atoms with Gasteiger partial charge in [0.05, 0.1) is 0 Å². The van der Waals surface area contributed by atoms with E-state index in [4.69, 9.17) is 0 Å². The summed E-state index contributed by atoms with van der Waals surface area (Å²) in [5, 5.41) is 9.55. The molecule has 3 aliphatic heterocycles. The molecule has 154 valence electrons. The van der Waals surface area contributed by atoms with E-state index in [0.29, 0.717) is 31.0 Å². The average molecular weight is 396 g/mol. The minimum absolute atomic E-state index is 0.0860. The Morgan fingerprint density at radius 3 is 2.66 bits per heavy atom. The average Bonchev–Trinajstić information content (AvgIpc) is 3.05. The summed E-state index contributed by atoms with van der Waals surface area (Å²) < 4.78 is 0. The Kier molecular flexibility index (Phi) is 4.67. The standard InChI is InChI=1S/C22H28N4O3/c27-18-5-4-16(20(28)25-18)26-13-15-3-1-2-14(19(15)21(26)29)12-24-17-6-7-22(17)8-10-23-11-9-22/h1-3,16-17,23-24H,4-13H2,(H,25,27,28). The van der Waals surface area contributed by atoms with Gasteiger partial charge in [-0.15, -0.1) is 0 Å². The molecule has 0 bridgehead atoms. The number of rotatable bonds is 4. The van der Waals surface area contributed by atoms with E-state index in [2.05, 4.69) is 16.0 Å². The SMILES string of the molecule is O=C1CCC(N2Cc3cccc(CNC4CCC45CCNCC5)c3C2=O)C(=O)N1. The molecule has 1 aliphatic carbocycles. The Morgan fingerprint density at radius 2 is 1.93 bits per heavy atom. The van der Waals surface area contributed by atoms with E-state index in [9.17, 15) is 14.4 Å². The van der Waals surface area contributed by atoms with E-state index in [0.717, 1.165) is 29.8 Å². The van der Waals surface area contributed by atoms with Crippen molar-refractivity contribution in [2.75, 3.05) is 13.1 Å². The van der Waals surface area contributed by atoms with Gasteiger partial charge in [0.2, 0.25) is 11.8 Å². The topological polar surface area (TPSA) is 90.5 Å². The summed E-state index contributed by atoms with van der Waals surface area (Å²) in [4.78, 5) is 38.5. The Balaban J connectivity index is 1.30. The highest BCUT2D eigenvalue weighted by Crippen LogP contribution is 2.48. The van der Waals surface area contributed by atoms with Gasteiger partial charge in [-0.2, -0.15) is 0 Å². The molecule has 3 amide bonds. The molecule has 3 fully saturated rings. The lowest BCUT2D eigenvalue weighted by molar-refractivity contribution is -0.136. The third-order valence-electron chi connectivity index (χ3n) is 7.45. The quantitative estimate of drug-likeness (QED) is 0.663. The molecule has 29 heavy (non-hydrogen) atoms. The predicted octanol–water partition coefficient (Wildman–Crippen LogP) is 1.07. The molecule has 4 aliphatic rings. The normalized spacial score (nSPS) is 28.3.